The highest BCUT2D eigenvalue weighted by Gasteiger charge is 2.39. The lowest BCUT2D eigenvalue weighted by atomic mass is 9.93. The number of halogens is 1. The first-order chi connectivity index (χ1) is 16.1. The fourth-order valence-electron chi connectivity index (χ4n) is 4.72. The number of nitrogens with one attached hydrogen (secondary N) is 1. The van der Waals surface area contributed by atoms with Gasteiger partial charge in [-0.15, -0.1) is 0 Å². The minimum absolute atomic E-state index is 0.0471. The number of hydrogen-bond donors (Lipinski definition) is 1. The van der Waals surface area contributed by atoms with Crippen LogP contribution in [0.4, 0.5) is 4.39 Å². The summed E-state index contributed by atoms with van der Waals surface area (Å²) in [6, 6.07) is 3.88. The zero-order valence-electron chi connectivity index (χ0n) is 19.7. The highest BCUT2D eigenvalue weighted by atomic mass is 32.2. The molecule has 1 aromatic rings. The maximum absolute atomic E-state index is 13.9. The van der Waals surface area contributed by atoms with Crippen molar-refractivity contribution in [1.29, 1.82) is 0 Å². The highest BCUT2D eigenvalue weighted by Crippen LogP contribution is 2.28. The molecule has 0 aromatic heterocycles. The van der Waals surface area contributed by atoms with E-state index in [2.05, 4.69) is 5.32 Å². The molecule has 2 atom stereocenters. The molecule has 34 heavy (non-hydrogen) atoms. The van der Waals surface area contributed by atoms with E-state index >= 15 is 0 Å². The minimum atomic E-state index is -3.19. The number of ether oxygens (including phenoxy) is 1. The maximum Gasteiger partial charge on any atom is 0.329 e. The molecular weight excluding hydrogens is 463 g/mol. The van der Waals surface area contributed by atoms with Crippen molar-refractivity contribution in [2.75, 3.05) is 18.1 Å². The summed E-state index contributed by atoms with van der Waals surface area (Å²) in [6.07, 6.45) is 4.98. The van der Waals surface area contributed by atoms with Crippen molar-refractivity contribution >= 4 is 27.6 Å². The standard InChI is InChI=1S/C24H33FN2O6S/c1-16(2)22(26-23(29)19-10-6-7-11-20(19)25)24(30)33-14-21(28)27(17-8-4-3-5-9-17)18-12-13-34(31,32)15-18/h6-7,10-11,16-18,22H,3-5,8-9,12-15H2,1-2H3,(H,26,29)/t18?,22-/m0/s1. The topological polar surface area (TPSA) is 110 Å². The van der Waals surface area contributed by atoms with Gasteiger partial charge in [0, 0.05) is 12.1 Å². The fourth-order valence-corrected chi connectivity index (χ4v) is 6.43. The lowest BCUT2D eigenvalue weighted by Gasteiger charge is -2.38. The number of benzene rings is 1. The van der Waals surface area contributed by atoms with E-state index in [1.54, 1.807) is 18.7 Å². The van der Waals surface area contributed by atoms with Gasteiger partial charge in [0.25, 0.3) is 11.8 Å². The molecule has 3 rings (SSSR count). The Kier molecular flexibility index (Phi) is 8.67. The molecule has 0 spiro atoms. The lowest BCUT2D eigenvalue weighted by molar-refractivity contribution is -0.156. The molecule has 1 saturated carbocycles. The molecule has 1 N–H and O–H groups in total. The molecule has 0 radical (unpaired) electrons. The number of rotatable bonds is 8. The predicted molar refractivity (Wildman–Crippen MR) is 124 cm³/mol. The first-order valence-corrected chi connectivity index (χ1v) is 13.6. The molecule has 1 aromatic carbocycles. The monoisotopic (exact) mass is 496 g/mol. The Bertz CT molecular complexity index is 1010. The maximum atomic E-state index is 13.9. The molecule has 2 fully saturated rings. The molecule has 188 valence electrons. The average molecular weight is 497 g/mol. The Morgan fingerprint density at radius 3 is 2.35 bits per heavy atom. The van der Waals surface area contributed by atoms with Gasteiger partial charge in [0.15, 0.2) is 16.4 Å². The predicted octanol–water partition coefficient (Wildman–Crippen LogP) is 2.47. The fraction of sp³-hybridized carbons (Fsp3) is 0.625. The number of nitrogens with zero attached hydrogens (tertiary/aromatic N) is 1. The van der Waals surface area contributed by atoms with Crippen molar-refractivity contribution in [3.63, 3.8) is 0 Å². The highest BCUT2D eigenvalue weighted by molar-refractivity contribution is 7.91. The van der Waals surface area contributed by atoms with Gasteiger partial charge in [0.1, 0.15) is 11.9 Å². The van der Waals surface area contributed by atoms with Gasteiger partial charge in [-0.1, -0.05) is 45.2 Å². The number of carbonyl (C=O) groups excluding carboxylic acids is 3. The summed E-state index contributed by atoms with van der Waals surface area (Å²) in [4.78, 5) is 40.0. The number of amides is 2. The van der Waals surface area contributed by atoms with Gasteiger partial charge in [-0.2, -0.15) is 0 Å². The summed E-state index contributed by atoms with van der Waals surface area (Å²) in [5.41, 5.74) is -0.192. The molecule has 8 nitrogen and oxygen atoms in total. The molecule has 0 bridgehead atoms. The molecule has 1 aliphatic heterocycles. The zero-order chi connectivity index (χ0) is 24.9. The second-order valence-corrected chi connectivity index (χ2v) is 11.7. The zero-order valence-corrected chi connectivity index (χ0v) is 20.5. The smallest absolute Gasteiger partial charge is 0.329 e. The third kappa shape index (κ3) is 6.55. The van der Waals surface area contributed by atoms with Crippen LogP contribution in [0.25, 0.3) is 0 Å². The SMILES string of the molecule is CC(C)[C@H](NC(=O)c1ccccc1F)C(=O)OCC(=O)N(C1CCCCC1)C1CCS(=O)(=O)C1. The molecular formula is C24H33FN2O6S. The van der Waals surface area contributed by atoms with Crippen molar-refractivity contribution in [3.05, 3.63) is 35.6 Å². The number of hydrogen-bond acceptors (Lipinski definition) is 6. The molecule has 10 heteroatoms. The van der Waals surface area contributed by atoms with Crippen molar-refractivity contribution < 1.29 is 31.9 Å². The Hall–Kier alpha value is -2.49. The largest absolute Gasteiger partial charge is 0.454 e. The van der Waals surface area contributed by atoms with Crippen LogP contribution in [0, 0.1) is 11.7 Å². The van der Waals surface area contributed by atoms with Crippen molar-refractivity contribution in [1.82, 2.24) is 10.2 Å². The number of esters is 1. The van der Waals surface area contributed by atoms with Gasteiger partial charge in [0.2, 0.25) is 0 Å². The first kappa shape index (κ1) is 26.1. The molecule has 2 aliphatic rings. The van der Waals surface area contributed by atoms with Gasteiger partial charge in [-0.25, -0.2) is 17.6 Å². The molecule has 1 heterocycles. The quantitative estimate of drug-likeness (QED) is 0.554. The van der Waals surface area contributed by atoms with Crippen LogP contribution in [0.5, 0.6) is 0 Å². The summed E-state index contributed by atoms with van der Waals surface area (Å²) in [5.74, 6) is -3.07. The molecule has 1 saturated heterocycles. The molecule has 1 aliphatic carbocycles. The van der Waals surface area contributed by atoms with Crippen LogP contribution in [-0.4, -0.2) is 67.3 Å². The van der Waals surface area contributed by atoms with E-state index in [4.69, 9.17) is 4.74 Å². The van der Waals surface area contributed by atoms with E-state index < -0.39 is 52.1 Å². The van der Waals surface area contributed by atoms with Crippen LogP contribution >= 0.6 is 0 Å². The number of carbonyl (C=O) groups is 3. The average Bonchev–Trinajstić information content (AvgIpc) is 3.15. The van der Waals surface area contributed by atoms with Crippen LogP contribution in [0.2, 0.25) is 0 Å². The van der Waals surface area contributed by atoms with Gasteiger partial charge in [-0.05, 0) is 37.3 Å². The van der Waals surface area contributed by atoms with Crippen LogP contribution in [0.3, 0.4) is 0 Å². The Labute approximate surface area is 200 Å². The van der Waals surface area contributed by atoms with Crippen molar-refractivity contribution in [2.24, 2.45) is 5.92 Å². The number of sulfone groups is 1. The van der Waals surface area contributed by atoms with Crippen LogP contribution in [0.15, 0.2) is 24.3 Å². The van der Waals surface area contributed by atoms with Gasteiger partial charge in [-0.3, -0.25) is 9.59 Å². The van der Waals surface area contributed by atoms with E-state index in [9.17, 15) is 27.2 Å². The normalized spacial score (nSPS) is 21.1. The van der Waals surface area contributed by atoms with Crippen LogP contribution < -0.4 is 5.32 Å². The van der Waals surface area contributed by atoms with Crippen LogP contribution in [0.1, 0.15) is 62.7 Å². The lowest BCUT2D eigenvalue weighted by Crippen LogP contribution is -2.51. The Balaban J connectivity index is 1.66. The summed E-state index contributed by atoms with van der Waals surface area (Å²) in [6.45, 7) is 2.87. The molecule has 2 amide bonds. The summed E-state index contributed by atoms with van der Waals surface area (Å²) in [7, 11) is -3.19. The Morgan fingerprint density at radius 1 is 1.09 bits per heavy atom. The van der Waals surface area contributed by atoms with Crippen LogP contribution in [-0.2, 0) is 24.2 Å². The summed E-state index contributed by atoms with van der Waals surface area (Å²) in [5, 5.41) is 2.50. The van der Waals surface area contributed by atoms with Gasteiger partial charge < -0.3 is 15.0 Å². The van der Waals surface area contributed by atoms with E-state index in [-0.39, 0.29) is 29.0 Å². The van der Waals surface area contributed by atoms with Crippen molar-refractivity contribution in [2.45, 2.75) is 70.5 Å². The van der Waals surface area contributed by atoms with E-state index in [0.29, 0.717) is 6.42 Å². The molecule has 1 unspecified atom stereocenters. The van der Waals surface area contributed by atoms with Crippen molar-refractivity contribution in [3.8, 4) is 0 Å². The van der Waals surface area contributed by atoms with E-state index in [0.717, 1.165) is 38.2 Å². The summed E-state index contributed by atoms with van der Waals surface area (Å²) < 4.78 is 43.3. The minimum Gasteiger partial charge on any atom is -0.454 e. The first-order valence-electron chi connectivity index (χ1n) is 11.8. The second kappa shape index (κ2) is 11.3. The Morgan fingerprint density at radius 2 is 1.76 bits per heavy atom. The second-order valence-electron chi connectivity index (χ2n) is 9.43. The van der Waals surface area contributed by atoms with Gasteiger partial charge in [0.05, 0.1) is 17.1 Å². The third-order valence-corrected chi connectivity index (χ3v) is 8.27. The third-order valence-electron chi connectivity index (χ3n) is 6.52. The van der Waals surface area contributed by atoms with E-state index in [1.807, 2.05) is 0 Å². The summed E-state index contributed by atoms with van der Waals surface area (Å²) >= 11 is 0. The van der Waals surface area contributed by atoms with Gasteiger partial charge >= 0.3 is 5.97 Å². The van der Waals surface area contributed by atoms with E-state index in [1.165, 1.54) is 18.2 Å².